The van der Waals surface area contributed by atoms with Crippen LogP contribution in [0.25, 0.3) is 0 Å². The van der Waals surface area contributed by atoms with Gasteiger partial charge in [0.2, 0.25) is 5.91 Å². The number of rotatable bonds is 6. The number of amides is 1. The van der Waals surface area contributed by atoms with Crippen LogP contribution in [0.15, 0.2) is 30.3 Å². The quantitative estimate of drug-likeness (QED) is 0.821. The third kappa shape index (κ3) is 4.57. The van der Waals surface area contributed by atoms with Crippen molar-refractivity contribution >= 4 is 5.91 Å². The summed E-state index contributed by atoms with van der Waals surface area (Å²) in [6, 6.07) is 10.2. The zero-order valence-corrected chi connectivity index (χ0v) is 10.6. The first-order chi connectivity index (χ1) is 8.15. The van der Waals surface area contributed by atoms with Crippen molar-refractivity contribution < 1.29 is 9.90 Å². The lowest BCUT2D eigenvalue weighted by Crippen LogP contribution is -2.36. The molecule has 0 aliphatic carbocycles. The van der Waals surface area contributed by atoms with E-state index in [9.17, 15) is 4.79 Å². The third-order valence-corrected chi connectivity index (χ3v) is 2.69. The maximum Gasteiger partial charge on any atom is 0.223 e. The molecule has 1 aromatic rings. The molecule has 0 fully saturated rings. The lowest BCUT2D eigenvalue weighted by molar-refractivity contribution is -0.133. The summed E-state index contributed by atoms with van der Waals surface area (Å²) >= 11 is 0. The first-order valence-corrected chi connectivity index (χ1v) is 6.09. The molecule has 0 aromatic heterocycles. The highest BCUT2D eigenvalue weighted by molar-refractivity contribution is 5.76. The molecule has 1 rings (SSSR count). The van der Waals surface area contributed by atoms with Gasteiger partial charge in [0.15, 0.2) is 0 Å². The summed E-state index contributed by atoms with van der Waals surface area (Å²) in [4.78, 5) is 13.8. The minimum absolute atomic E-state index is 0.0724. The van der Waals surface area contributed by atoms with E-state index in [0.717, 1.165) is 5.56 Å². The fourth-order valence-corrected chi connectivity index (χ4v) is 1.71. The third-order valence-electron chi connectivity index (χ3n) is 2.69. The molecule has 1 N–H and O–H groups in total. The Bertz CT molecular complexity index is 335. The molecule has 0 spiro atoms. The number of aliphatic hydroxyl groups is 1. The number of hydrogen-bond acceptors (Lipinski definition) is 2. The summed E-state index contributed by atoms with van der Waals surface area (Å²) < 4.78 is 0. The molecule has 0 aliphatic rings. The molecule has 0 atom stereocenters. The molecule has 0 aliphatic heterocycles. The molecule has 3 heteroatoms. The van der Waals surface area contributed by atoms with Gasteiger partial charge in [-0.2, -0.15) is 0 Å². The second kappa shape index (κ2) is 7.07. The van der Waals surface area contributed by atoms with Crippen molar-refractivity contribution in [2.45, 2.75) is 39.3 Å². The predicted octanol–water partition coefficient (Wildman–Crippen LogP) is 2.20. The van der Waals surface area contributed by atoms with Gasteiger partial charge in [0, 0.05) is 25.6 Å². The van der Waals surface area contributed by atoms with Crippen LogP contribution in [0.1, 0.15) is 32.3 Å². The Kier molecular flexibility index (Phi) is 5.70. The summed E-state index contributed by atoms with van der Waals surface area (Å²) in [7, 11) is 0. The molecule has 94 valence electrons. The second-order valence-electron chi connectivity index (χ2n) is 4.43. The molecule has 0 saturated heterocycles. The van der Waals surface area contributed by atoms with Gasteiger partial charge >= 0.3 is 0 Å². The fraction of sp³-hybridized carbons (Fsp3) is 0.500. The molecule has 1 amide bonds. The predicted molar refractivity (Wildman–Crippen MR) is 68.4 cm³/mol. The maximum absolute atomic E-state index is 12.0. The van der Waals surface area contributed by atoms with Crippen LogP contribution >= 0.6 is 0 Å². The van der Waals surface area contributed by atoms with Gasteiger partial charge in [-0.3, -0.25) is 4.79 Å². The largest absolute Gasteiger partial charge is 0.396 e. The lowest BCUT2D eigenvalue weighted by Gasteiger charge is -2.27. The molecule has 0 radical (unpaired) electrons. The smallest absolute Gasteiger partial charge is 0.223 e. The average molecular weight is 235 g/mol. The first-order valence-electron chi connectivity index (χ1n) is 6.09. The monoisotopic (exact) mass is 235 g/mol. The van der Waals surface area contributed by atoms with Gasteiger partial charge in [0.05, 0.1) is 0 Å². The topological polar surface area (TPSA) is 40.5 Å². The van der Waals surface area contributed by atoms with Crippen LogP contribution in [0.2, 0.25) is 0 Å². The number of carbonyl (C=O) groups excluding carboxylic acids is 1. The van der Waals surface area contributed by atoms with E-state index in [1.54, 1.807) is 0 Å². The number of carbonyl (C=O) groups is 1. The van der Waals surface area contributed by atoms with Crippen molar-refractivity contribution in [1.82, 2.24) is 4.90 Å². The second-order valence-corrected chi connectivity index (χ2v) is 4.43. The van der Waals surface area contributed by atoms with Gasteiger partial charge in [-0.25, -0.2) is 0 Å². The SMILES string of the molecule is CC(C)N(Cc1ccccc1)C(=O)CCCO. The summed E-state index contributed by atoms with van der Waals surface area (Å²) in [5, 5.41) is 8.75. The van der Waals surface area contributed by atoms with E-state index in [1.165, 1.54) is 0 Å². The molecular weight excluding hydrogens is 214 g/mol. The van der Waals surface area contributed by atoms with E-state index >= 15 is 0 Å². The van der Waals surface area contributed by atoms with E-state index in [1.807, 2.05) is 49.1 Å². The van der Waals surface area contributed by atoms with Crippen molar-refractivity contribution in [2.75, 3.05) is 6.61 Å². The van der Waals surface area contributed by atoms with E-state index in [2.05, 4.69) is 0 Å². The van der Waals surface area contributed by atoms with Crippen LogP contribution in [0.3, 0.4) is 0 Å². The van der Waals surface area contributed by atoms with Gasteiger partial charge in [-0.05, 0) is 25.8 Å². The van der Waals surface area contributed by atoms with Gasteiger partial charge in [-0.15, -0.1) is 0 Å². The Morgan fingerprint density at radius 2 is 1.94 bits per heavy atom. The molecule has 3 nitrogen and oxygen atoms in total. The number of aliphatic hydroxyl groups excluding tert-OH is 1. The Labute approximate surface area is 103 Å². The van der Waals surface area contributed by atoms with Crippen molar-refractivity contribution in [3.05, 3.63) is 35.9 Å². The average Bonchev–Trinajstić information content (AvgIpc) is 2.34. The van der Waals surface area contributed by atoms with Crippen molar-refractivity contribution in [3.63, 3.8) is 0 Å². The highest BCUT2D eigenvalue weighted by Crippen LogP contribution is 2.10. The Morgan fingerprint density at radius 3 is 2.47 bits per heavy atom. The highest BCUT2D eigenvalue weighted by Gasteiger charge is 2.16. The summed E-state index contributed by atoms with van der Waals surface area (Å²) in [6.45, 7) is 4.74. The minimum Gasteiger partial charge on any atom is -0.396 e. The zero-order chi connectivity index (χ0) is 12.7. The van der Waals surface area contributed by atoms with Crippen molar-refractivity contribution in [1.29, 1.82) is 0 Å². The van der Waals surface area contributed by atoms with Gasteiger partial charge in [0.25, 0.3) is 0 Å². The van der Waals surface area contributed by atoms with Crippen LogP contribution in [0, 0.1) is 0 Å². The maximum atomic E-state index is 12.0. The zero-order valence-electron chi connectivity index (χ0n) is 10.6. The molecule has 17 heavy (non-hydrogen) atoms. The fourth-order valence-electron chi connectivity index (χ4n) is 1.71. The molecule has 0 saturated carbocycles. The molecule has 1 aromatic carbocycles. The van der Waals surface area contributed by atoms with E-state index in [4.69, 9.17) is 5.11 Å². The van der Waals surface area contributed by atoms with Crippen LogP contribution in [0.5, 0.6) is 0 Å². The van der Waals surface area contributed by atoms with Gasteiger partial charge in [-0.1, -0.05) is 30.3 Å². The Hall–Kier alpha value is -1.35. The van der Waals surface area contributed by atoms with Crippen molar-refractivity contribution in [3.8, 4) is 0 Å². The molecule has 0 heterocycles. The summed E-state index contributed by atoms with van der Waals surface area (Å²) in [5.74, 6) is 0.109. The van der Waals surface area contributed by atoms with Gasteiger partial charge < -0.3 is 10.0 Å². The van der Waals surface area contributed by atoms with E-state index in [-0.39, 0.29) is 18.6 Å². The van der Waals surface area contributed by atoms with Crippen LogP contribution in [-0.4, -0.2) is 28.6 Å². The van der Waals surface area contributed by atoms with Gasteiger partial charge in [0.1, 0.15) is 0 Å². The first kappa shape index (κ1) is 13.7. The van der Waals surface area contributed by atoms with E-state index in [0.29, 0.717) is 19.4 Å². The molecule has 0 bridgehead atoms. The van der Waals surface area contributed by atoms with Crippen LogP contribution in [0.4, 0.5) is 0 Å². The van der Waals surface area contributed by atoms with Crippen LogP contribution in [-0.2, 0) is 11.3 Å². The van der Waals surface area contributed by atoms with Crippen molar-refractivity contribution in [2.24, 2.45) is 0 Å². The van der Waals surface area contributed by atoms with E-state index < -0.39 is 0 Å². The minimum atomic E-state index is 0.0724. The lowest BCUT2D eigenvalue weighted by atomic mass is 10.1. The van der Waals surface area contributed by atoms with Crippen LogP contribution < -0.4 is 0 Å². The standard InChI is InChI=1S/C14H21NO2/c1-12(2)15(14(17)9-6-10-16)11-13-7-4-3-5-8-13/h3-5,7-8,12,16H,6,9-11H2,1-2H3. The number of benzene rings is 1. The summed E-state index contributed by atoms with van der Waals surface area (Å²) in [6.07, 6.45) is 0.957. The molecule has 0 unspecified atom stereocenters. The normalized spacial score (nSPS) is 10.6. The number of nitrogens with zero attached hydrogens (tertiary/aromatic N) is 1. The Balaban J connectivity index is 2.63. The Morgan fingerprint density at radius 1 is 1.29 bits per heavy atom. The number of hydrogen-bond donors (Lipinski definition) is 1. The summed E-state index contributed by atoms with van der Waals surface area (Å²) in [5.41, 5.74) is 1.14. The molecular formula is C14H21NO2. The highest BCUT2D eigenvalue weighted by atomic mass is 16.3.